The molecule has 0 radical (unpaired) electrons. The molecule has 0 bridgehead atoms. The maximum atomic E-state index is 14.2. The first-order chi connectivity index (χ1) is 8.83. The molecule has 0 unspecified atom stereocenters. The summed E-state index contributed by atoms with van der Waals surface area (Å²) in [6.07, 6.45) is -0.105. The topological polar surface area (TPSA) is 55.8 Å². The van der Waals surface area contributed by atoms with Gasteiger partial charge in [0.15, 0.2) is 11.6 Å². The normalized spacial score (nSPS) is 11.4. The maximum Gasteiger partial charge on any atom is 0.304 e. The Balaban J connectivity index is 3.29. The Morgan fingerprint density at radius 2 is 2.00 bits per heavy atom. The van der Waals surface area contributed by atoms with E-state index in [9.17, 15) is 9.18 Å². The highest BCUT2D eigenvalue weighted by Gasteiger charge is 2.29. The molecule has 0 amide bonds. The molecule has 0 atom stereocenters. The molecule has 0 aliphatic carbocycles. The van der Waals surface area contributed by atoms with Crippen molar-refractivity contribution in [1.82, 2.24) is 0 Å². The van der Waals surface area contributed by atoms with Gasteiger partial charge < -0.3 is 14.6 Å². The van der Waals surface area contributed by atoms with Gasteiger partial charge >= 0.3 is 5.97 Å². The Hall–Kier alpha value is -1.62. The molecule has 0 heterocycles. The van der Waals surface area contributed by atoms with Crippen LogP contribution in [0.15, 0.2) is 12.1 Å². The van der Waals surface area contributed by atoms with Gasteiger partial charge in [0, 0.05) is 23.7 Å². The molecule has 106 valence electrons. The van der Waals surface area contributed by atoms with E-state index in [1.54, 1.807) is 26.0 Å². The minimum Gasteiger partial charge on any atom is -0.493 e. The summed E-state index contributed by atoms with van der Waals surface area (Å²) >= 11 is 0. The first-order valence-corrected chi connectivity index (χ1v) is 5.90. The molecule has 0 aliphatic heterocycles. The fourth-order valence-electron chi connectivity index (χ4n) is 2.07. The molecule has 0 fully saturated rings. The number of ether oxygens (including phenoxy) is 2. The van der Waals surface area contributed by atoms with E-state index in [0.717, 1.165) is 0 Å². The van der Waals surface area contributed by atoms with Crippen molar-refractivity contribution in [2.45, 2.75) is 32.3 Å². The Kier molecular flexibility index (Phi) is 4.89. The van der Waals surface area contributed by atoms with Gasteiger partial charge in [0.05, 0.1) is 20.1 Å². The molecule has 1 rings (SSSR count). The summed E-state index contributed by atoms with van der Waals surface area (Å²) in [5.41, 5.74) is 0.202. The third-order valence-corrected chi connectivity index (χ3v) is 3.00. The van der Waals surface area contributed by atoms with Crippen molar-refractivity contribution in [3.05, 3.63) is 29.1 Å². The second-order valence-electron chi connectivity index (χ2n) is 5.01. The largest absolute Gasteiger partial charge is 0.493 e. The number of methoxy groups -OCH3 is 2. The lowest BCUT2D eigenvalue weighted by Gasteiger charge is -2.26. The lowest BCUT2D eigenvalue weighted by atomic mass is 9.80. The van der Waals surface area contributed by atoms with Crippen molar-refractivity contribution in [1.29, 1.82) is 0 Å². The molecular weight excluding hydrogens is 251 g/mol. The van der Waals surface area contributed by atoms with Crippen LogP contribution in [0.1, 0.15) is 31.4 Å². The van der Waals surface area contributed by atoms with E-state index in [2.05, 4.69) is 0 Å². The Bertz CT molecular complexity index is 469. The van der Waals surface area contributed by atoms with Gasteiger partial charge in [-0.1, -0.05) is 26.0 Å². The maximum absolute atomic E-state index is 14.2. The van der Waals surface area contributed by atoms with Crippen LogP contribution in [0.3, 0.4) is 0 Å². The number of rotatable bonds is 6. The van der Waals surface area contributed by atoms with Crippen molar-refractivity contribution < 1.29 is 23.8 Å². The van der Waals surface area contributed by atoms with Crippen LogP contribution in [-0.2, 0) is 21.6 Å². The number of hydrogen-bond donors (Lipinski definition) is 1. The van der Waals surface area contributed by atoms with Crippen LogP contribution in [0, 0.1) is 5.82 Å². The van der Waals surface area contributed by atoms with Crippen LogP contribution >= 0.6 is 0 Å². The quantitative estimate of drug-likeness (QED) is 0.863. The molecule has 5 heteroatoms. The molecule has 0 saturated heterocycles. The minimum atomic E-state index is -0.937. The van der Waals surface area contributed by atoms with E-state index in [1.165, 1.54) is 14.2 Å². The zero-order chi connectivity index (χ0) is 14.6. The van der Waals surface area contributed by atoms with Gasteiger partial charge in [0.25, 0.3) is 0 Å². The number of hydrogen-bond acceptors (Lipinski definition) is 3. The Morgan fingerprint density at radius 1 is 1.37 bits per heavy atom. The fourth-order valence-corrected chi connectivity index (χ4v) is 2.07. The van der Waals surface area contributed by atoms with E-state index < -0.39 is 17.2 Å². The lowest BCUT2D eigenvalue weighted by molar-refractivity contribution is -0.138. The van der Waals surface area contributed by atoms with Crippen molar-refractivity contribution in [2.75, 3.05) is 14.2 Å². The first kappa shape index (κ1) is 15.4. The van der Waals surface area contributed by atoms with Gasteiger partial charge in [-0.3, -0.25) is 4.79 Å². The van der Waals surface area contributed by atoms with Crippen LogP contribution in [0.5, 0.6) is 5.75 Å². The van der Waals surface area contributed by atoms with Crippen LogP contribution in [0.2, 0.25) is 0 Å². The molecule has 1 aromatic rings. The fraction of sp³-hybridized carbons (Fsp3) is 0.500. The van der Waals surface area contributed by atoms with Crippen molar-refractivity contribution in [2.24, 2.45) is 0 Å². The average molecular weight is 270 g/mol. The standard InChI is InChI=1S/C14H19FO4/c1-14(2,7-11(16)17)10-6-5-9(8-18-3)12(15)13(10)19-4/h5-6H,7-8H2,1-4H3,(H,16,17). The molecule has 0 saturated carbocycles. The van der Waals surface area contributed by atoms with E-state index in [1.807, 2.05) is 0 Å². The second-order valence-corrected chi connectivity index (χ2v) is 5.01. The van der Waals surface area contributed by atoms with E-state index in [-0.39, 0.29) is 18.8 Å². The van der Waals surface area contributed by atoms with E-state index in [4.69, 9.17) is 14.6 Å². The van der Waals surface area contributed by atoms with Gasteiger partial charge in [-0.15, -0.1) is 0 Å². The van der Waals surface area contributed by atoms with Crippen molar-refractivity contribution in [3.8, 4) is 5.75 Å². The smallest absolute Gasteiger partial charge is 0.304 e. The lowest BCUT2D eigenvalue weighted by Crippen LogP contribution is -2.23. The third kappa shape index (κ3) is 3.44. The number of carboxylic acids is 1. The molecule has 0 spiro atoms. The van der Waals surface area contributed by atoms with Gasteiger partial charge in [0.2, 0.25) is 0 Å². The molecule has 19 heavy (non-hydrogen) atoms. The van der Waals surface area contributed by atoms with E-state index >= 15 is 0 Å². The zero-order valence-electron chi connectivity index (χ0n) is 11.6. The van der Waals surface area contributed by atoms with Gasteiger partial charge in [-0.25, -0.2) is 4.39 Å². The molecular formula is C14H19FO4. The summed E-state index contributed by atoms with van der Waals surface area (Å²) in [4.78, 5) is 10.9. The first-order valence-electron chi connectivity index (χ1n) is 5.90. The summed E-state index contributed by atoms with van der Waals surface area (Å²) in [5, 5.41) is 8.93. The Morgan fingerprint density at radius 3 is 2.47 bits per heavy atom. The second kappa shape index (κ2) is 6.02. The van der Waals surface area contributed by atoms with Gasteiger partial charge in [-0.2, -0.15) is 0 Å². The Labute approximate surface area is 112 Å². The third-order valence-electron chi connectivity index (χ3n) is 3.00. The predicted octanol–water partition coefficient (Wildman–Crippen LogP) is 2.73. The van der Waals surface area contributed by atoms with Crippen LogP contribution in [0.4, 0.5) is 4.39 Å². The van der Waals surface area contributed by atoms with Crippen molar-refractivity contribution in [3.63, 3.8) is 0 Å². The van der Waals surface area contributed by atoms with Crippen LogP contribution in [-0.4, -0.2) is 25.3 Å². The highest BCUT2D eigenvalue weighted by Crippen LogP contribution is 2.37. The van der Waals surface area contributed by atoms with Crippen LogP contribution in [0.25, 0.3) is 0 Å². The van der Waals surface area contributed by atoms with E-state index in [0.29, 0.717) is 11.1 Å². The van der Waals surface area contributed by atoms with Gasteiger partial charge in [0.1, 0.15) is 0 Å². The number of halogens is 1. The summed E-state index contributed by atoms with van der Waals surface area (Å²) in [7, 11) is 2.85. The average Bonchev–Trinajstić information content (AvgIpc) is 2.29. The highest BCUT2D eigenvalue weighted by molar-refractivity contribution is 5.69. The number of carbonyl (C=O) groups is 1. The van der Waals surface area contributed by atoms with Gasteiger partial charge in [-0.05, 0) is 0 Å². The summed E-state index contributed by atoms with van der Waals surface area (Å²) in [5.74, 6) is -1.35. The summed E-state index contributed by atoms with van der Waals surface area (Å²) in [6.45, 7) is 3.63. The molecule has 1 N–H and O–H groups in total. The molecule has 4 nitrogen and oxygen atoms in total. The van der Waals surface area contributed by atoms with Crippen LogP contribution < -0.4 is 4.74 Å². The minimum absolute atomic E-state index is 0.0841. The number of benzene rings is 1. The highest BCUT2D eigenvalue weighted by atomic mass is 19.1. The number of aliphatic carboxylic acids is 1. The monoisotopic (exact) mass is 270 g/mol. The van der Waals surface area contributed by atoms with Crippen molar-refractivity contribution >= 4 is 5.97 Å². The zero-order valence-corrected chi connectivity index (χ0v) is 11.6. The summed E-state index contributed by atoms with van der Waals surface area (Å²) in [6, 6.07) is 3.29. The SMILES string of the molecule is COCc1ccc(C(C)(C)CC(=O)O)c(OC)c1F. The molecule has 0 aliphatic rings. The molecule has 0 aromatic heterocycles. The summed E-state index contributed by atoms with van der Waals surface area (Å²) < 4.78 is 24.3. The number of carboxylic acid groups (broad SMARTS) is 1. The molecule has 1 aromatic carbocycles. The predicted molar refractivity (Wildman–Crippen MR) is 68.9 cm³/mol.